The first-order valence-electron chi connectivity index (χ1n) is 5.80. The minimum absolute atomic E-state index is 0.160. The summed E-state index contributed by atoms with van der Waals surface area (Å²) < 4.78 is 13.0. The normalized spacial score (nSPS) is 10.4. The molecule has 2 aromatic rings. The molecule has 2 N–H and O–H groups in total. The van der Waals surface area contributed by atoms with Crippen LogP contribution in [0.4, 0.5) is 10.2 Å². The summed E-state index contributed by atoms with van der Waals surface area (Å²) in [5, 5.41) is 11.9. The molecule has 2 aromatic heterocycles. The molecule has 0 fully saturated rings. The second-order valence-electron chi connectivity index (χ2n) is 3.93. The number of anilines is 1. The van der Waals surface area contributed by atoms with E-state index in [0.29, 0.717) is 6.54 Å². The fourth-order valence-corrected chi connectivity index (χ4v) is 2.52. The molecule has 0 aromatic carbocycles. The lowest BCUT2D eigenvalue weighted by molar-refractivity contribution is 0.0697. The molecule has 0 aliphatic rings. The van der Waals surface area contributed by atoms with Crippen LogP contribution in [0.25, 0.3) is 0 Å². The molecular formula is C13H13FN2O2S. The van der Waals surface area contributed by atoms with Crippen LogP contribution in [0.3, 0.4) is 0 Å². The van der Waals surface area contributed by atoms with Gasteiger partial charge in [0, 0.05) is 9.75 Å². The molecule has 0 atom stereocenters. The van der Waals surface area contributed by atoms with E-state index >= 15 is 0 Å². The number of carbonyl (C=O) groups is 1. The lowest BCUT2D eigenvalue weighted by Gasteiger charge is -2.07. The fraction of sp³-hybridized carbons (Fsp3) is 0.231. The summed E-state index contributed by atoms with van der Waals surface area (Å²) >= 11 is 1.66. The van der Waals surface area contributed by atoms with Gasteiger partial charge in [-0.3, -0.25) is 0 Å². The number of thiophene rings is 1. The van der Waals surface area contributed by atoms with Gasteiger partial charge < -0.3 is 10.4 Å². The number of carboxylic acid groups (broad SMARTS) is 1. The van der Waals surface area contributed by atoms with Crippen LogP contribution < -0.4 is 5.32 Å². The van der Waals surface area contributed by atoms with Crippen LogP contribution >= 0.6 is 11.3 Å². The minimum Gasteiger partial charge on any atom is -0.478 e. The zero-order chi connectivity index (χ0) is 13.8. The van der Waals surface area contributed by atoms with Crippen molar-refractivity contribution in [3.05, 3.63) is 45.5 Å². The molecule has 0 saturated heterocycles. The number of nitrogens with one attached hydrogen (secondary N) is 1. The second-order valence-corrected chi connectivity index (χ2v) is 5.18. The van der Waals surface area contributed by atoms with Gasteiger partial charge in [-0.05, 0) is 24.6 Å². The first kappa shape index (κ1) is 13.5. The highest BCUT2D eigenvalue weighted by Crippen LogP contribution is 2.19. The number of aromatic carboxylic acids is 1. The van der Waals surface area contributed by atoms with Gasteiger partial charge in [-0.15, -0.1) is 11.3 Å². The number of halogens is 1. The van der Waals surface area contributed by atoms with Crippen LogP contribution in [0.15, 0.2) is 24.4 Å². The molecule has 0 saturated carbocycles. The maximum Gasteiger partial charge on any atom is 0.339 e. The van der Waals surface area contributed by atoms with Gasteiger partial charge in [-0.1, -0.05) is 6.92 Å². The second kappa shape index (κ2) is 5.79. The number of hydrogen-bond donors (Lipinski definition) is 2. The molecule has 0 aliphatic carbocycles. The summed E-state index contributed by atoms with van der Waals surface area (Å²) in [6.45, 7) is 2.55. The van der Waals surface area contributed by atoms with Gasteiger partial charge in [0.2, 0.25) is 0 Å². The Hall–Kier alpha value is -1.95. The summed E-state index contributed by atoms with van der Waals surface area (Å²) in [6.07, 6.45) is 1.97. The standard InChI is InChI=1S/C13H13FN2O2S/c1-2-9-3-4-10(19-9)7-16-12-11(13(17)18)5-8(14)6-15-12/h3-6H,2,7H2,1H3,(H,15,16)(H,17,18). The van der Waals surface area contributed by atoms with Crippen LogP contribution in [0.5, 0.6) is 0 Å². The number of nitrogens with zero attached hydrogens (tertiary/aromatic N) is 1. The lowest BCUT2D eigenvalue weighted by Crippen LogP contribution is -2.08. The Morgan fingerprint density at radius 1 is 1.47 bits per heavy atom. The number of hydrogen-bond acceptors (Lipinski definition) is 4. The summed E-state index contributed by atoms with van der Waals surface area (Å²) in [7, 11) is 0. The van der Waals surface area contributed by atoms with E-state index in [0.717, 1.165) is 23.6 Å². The van der Waals surface area contributed by atoms with Crippen LogP contribution in [0.2, 0.25) is 0 Å². The smallest absolute Gasteiger partial charge is 0.339 e. The SMILES string of the molecule is CCc1ccc(CNc2ncc(F)cc2C(=O)O)s1. The third kappa shape index (κ3) is 3.29. The molecule has 0 unspecified atom stereocenters. The molecule has 19 heavy (non-hydrogen) atoms. The Balaban J connectivity index is 2.12. The highest BCUT2D eigenvalue weighted by atomic mass is 32.1. The average molecular weight is 280 g/mol. The van der Waals surface area contributed by atoms with Crippen LogP contribution in [0, 0.1) is 5.82 Å². The summed E-state index contributed by atoms with van der Waals surface area (Å²) in [5.74, 6) is -1.68. The molecule has 0 bridgehead atoms. The molecule has 0 aliphatic heterocycles. The van der Waals surface area contributed by atoms with Crippen molar-refractivity contribution < 1.29 is 14.3 Å². The molecule has 0 spiro atoms. The van der Waals surface area contributed by atoms with Crippen molar-refractivity contribution >= 4 is 23.1 Å². The van der Waals surface area contributed by atoms with E-state index in [2.05, 4.69) is 17.2 Å². The van der Waals surface area contributed by atoms with E-state index < -0.39 is 11.8 Å². The van der Waals surface area contributed by atoms with Crippen LogP contribution in [0.1, 0.15) is 27.0 Å². The van der Waals surface area contributed by atoms with Gasteiger partial charge >= 0.3 is 5.97 Å². The predicted octanol–water partition coefficient (Wildman–Crippen LogP) is 3.15. The van der Waals surface area contributed by atoms with E-state index in [1.54, 1.807) is 11.3 Å². The summed E-state index contributed by atoms with van der Waals surface area (Å²) in [6, 6.07) is 4.99. The Morgan fingerprint density at radius 2 is 2.21 bits per heavy atom. The van der Waals surface area contributed by atoms with Crippen molar-refractivity contribution in [1.82, 2.24) is 4.98 Å². The first-order valence-corrected chi connectivity index (χ1v) is 6.62. The van der Waals surface area contributed by atoms with Gasteiger partial charge in [0.25, 0.3) is 0 Å². The highest BCUT2D eigenvalue weighted by Gasteiger charge is 2.12. The van der Waals surface area contributed by atoms with Crippen molar-refractivity contribution in [2.75, 3.05) is 5.32 Å². The Morgan fingerprint density at radius 3 is 2.84 bits per heavy atom. The Labute approximate surface area is 113 Å². The van der Waals surface area contributed by atoms with E-state index in [1.165, 1.54) is 4.88 Å². The van der Waals surface area contributed by atoms with E-state index in [4.69, 9.17) is 5.11 Å². The first-order chi connectivity index (χ1) is 9.10. The quantitative estimate of drug-likeness (QED) is 0.883. The number of rotatable bonds is 5. The molecule has 0 amide bonds. The zero-order valence-corrected chi connectivity index (χ0v) is 11.1. The molecule has 0 radical (unpaired) electrons. The van der Waals surface area contributed by atoms with Crippen molar-refractivity contribution in [2.45, 2.75) is 19.9 Å². The van der Waals surface area contributed by atoms with Crippen molar-refractivity contribution in [3.63, 3.8) is 0 Å². The van der Waals surface area contributed by atoms with Crippen molar-refractivity contribution in [2.24, 2.45) is 0 Å². The predicted molar refractivity (Wildman–Crippen MR) is 72.2 cm³/mol. The largest absolute Gasteiger partial charge is 0.478 e. The molecule has 6 heteroatoms. The molecular weight excluding hydrogens is 267 g/mol. The van der Waals surface area contributed by atoms with Gasteiger partial charge in [-0.25, -0.2) is 14.2 Å². The van der Waals surface area contributed by atoms with Crippen molar-refractivity contribution in [3.8, 4) is 0 Å². The Kier molecular flexibility index (Phi) is 4.11. The van der Waals surface area contributed by atoms with Gasteiger partial charge in [-0.2, -0.15) is 0 Å². The average Bonchev–Trinajstić information content (AvgIpc) is 2.85. The molecule has 2 rings (SSSR count). The summed E-state index contributed by atoms with van der Waals surface area (Å²) in [4.78, 5) is 17.1. The fourth-order valence-electron chi connectivity index (χ4n) is 1.62. The van der Waals surface area contributed by atoms with Crippen LogP contribution in [-0.2, 0) is 13.0 Å². The molecule has 4 nitrogen and oxygen atoms in total. The topological polar surface area (TPSA) is 62.2 Å². The molecule has 2 heterocycles. The Bertz CT molecular complexity index is 598. The third-order valence-electron chi connectivity index (χ3n) is 2.58. The zero-order valence-electron chi connectivity index (χ0n) is 10.3. The monoisotopic (exact) mass is 280 g/mol. The maximum absolute atomic E-state index is 13.0. The van der Waals surface area contributed by atoms with Gasteiger partial charge in [0.05, 0.1) is 12.7 Å². The molecule has 100 valence electrons. The van der Waals surface area contributed by atoms with Gasteiger partial charge in [0.15, 0.2) is 0 Å². The number of carboxylic acids is 1. The van der Waals surface area contributed by atoms with E-state index in [9.17, 15) is 9.18 Å². The van der Waals surface area contributed by atoms with E-state index in [1.807, 2.05) is 12.1 Å². The minimum atomic E-state index is -1.20. The van der Waals surface area contributed by atoms with E-state index in [-0.39, 0.29) is 11.4 Å². The maximum atomic E-state index is 13.0. The number of pyridine rings is 1. The van der Waals surface area contributed by atoms with Crippen molar-refractivity contribution in [1.29, 1.82) is 0 Å². The number of aromatic nitrogens is 1. The lowest BCUT2D eigenvalue weighted by atomic mass is 10.2. The third-order valence-corrected chi connectivity index (χ3v) is 3.81. The van der Waals surface area contributed by atoms with Crippen LogP contribution in [-0.4, -0.2) is 16.1 Å². The summed E-state index contributed by atoms with van der Waals surface area (Å²) in [5.41, 5.74) is -0.160. The number of aryl methyl sites for hydroxylation is 1. The van der Waals surface area contributed by atoms with Gasteiger partial charge in [0.1, 0.15) is 17.2 Å². The highest BCUT2D eigenvalue weighted by molar-refractivity contribution is 7.12.